The van der Waals surface area contributed by atoms with E-state index in [0.29, 0.717) is 17.1 Å². The van der Waals surface area contributed by atoms with Crippen molar-refractivity contribution in [2.75, 3.05) is 10.5 Å². The normalized spacial score (nSPS) is 11.9. The summed E-state index contributed by atoms with van der Waals surface area (Å²) in [6.07, 6.45) is 0. The van der Waals surface area contributed by atoms with Crippen molar-refractivity contribution in [3.8, 4) is 11.5 Å². The summed E-state index contributed by atoms with van der Waals surface area (Å²) in [6.45, 7) is 0.270. The minimum absolute atomic E-state index is 0.270. The van der Waals surface area contributed by atoms with Crippen LogP contribution in [0.15, 0.2) is 91.0 Å². The van der Waals surface area contributed by atoms with Crippen LogP contribution in [0.5, 0.6) is 11.5 Å². The van der Waals surface area contributed by atoms with E-state index in [9.17, 15) is 4.21 Å². The Morgan fingerprint density at radius 2 is 1.48 bits per heavy atom. The van der Waals surface area contributed by atoms with Crippen molar-refractivity contribution >= 4 is 33.4 Å². The predicted octanol–water partition coefficient (Wildman–Crippen LogP) is 5.42. The molecule has 0 saturated carbocycles. The Kier molecular flexibility index (Phi) is 5.74. The second-order valence-electron chi connectivity index (χ2n) is 6.41. The van der Waals surface area contributed by atoms with Crippen LogP contribution in [-0.2, 0) is 22.1 Å². The summed E-state index contributed by atoms with van der Waals surface area (Å²) in [7, 11) is 0. The van der Waals surface area contributed by atoms with E-state index < -0.39 is 11.3 Å². The molecule has 0 heterocycles. The summed E-state index contributed by atoms with van der Waals surface area (Å²) in [6, 6.07) is 28.3. The van der Waals surface area contributed by atoms with Gasteiger partial charge in [0, 0.05) is 22.1 Å². The van der Waals surface area contributed by atoms with E-state index in [1.54, 1.807) is 12.1 Å². The number of hydrogen-bond acceptors (Lipinski definition) is 4. The number of nitrogens with two attached hydrogens (primary N) is 1. The molecule has 5 nitrogen and oxygen atoms in total. The molecule has 4 aromatic rings. The highest BCUT2D eigenvalue weighted by atomic mass is 32.2. The van der Waals surface area contributed by atoms with Crippen molar-refractivity contribution in [1.82, 2.24) is 0 Å². The molecule has 0 fully saturated rings. The molecule has 0 aliphatic carbocycles. The highest BCUT2D eigenvalue weighted by Gasteiger charge is 2.07. The average molecular weight is 404 g/mol. The maximum Gasteiger partial charge on any atom is 0.262 e. The number of ether oxygens (including phenoxy) is 1. The number of benzene rings is 4. The third-order valence-corrected chi connectivity index (χ3v) is 5.11. The van der Waals surface area contributed by atoms with Gasteiger partial charge in [-0.2, -0.15) is 0 Å². The zero-order valence-electron chi connectivity index (χ0n) is 15.6. The van der Waals surface area contributed by atoms with Crippen molar-refractivity contribution < 1.29 is 13.1 Å². The Bertz CT molecular complexity index is 1130. The molecule has 4 rings (SSSR count). The van der Waals surface area contributed by atoms with Crippen LogP contribution >= 0.6 is 0 Å². The van der Waals surface area contributed by atoms with Crippen LogP contribution in [0.2, 0.25) is 0 Å². The van der Waals surface area contributed by atoms with Gasteiger partial charge in [-0.1, -0.05) is 54.6 Å². The highest BCUT2D eigenvalue weighted by molar-refractivity contribution is 7.81. The molecule has 0 radical (unpaired) electrons. The minimum Gasteiger partial charge on any atom is -0.457 e. The van der Waals surface area contributed by atoms with Gasteiger partial charge in [-0.3, -0.25) is 8.91 Å². The second-order valence-corrected chi connectivity index (χ2v) is 7.32. The summed E-state index contributed by atoms with van der Waals surface area (Å²) in [5.41, 5.74) is 8.39. The number of nitrogen functional groups attached to an aromatic ring is 1. The van der Waals surface area contributed by atoms with Gasteiger partial charge in [0.15, 0.2) is 0 Å². The number of nitrogens with one attached hydrogen (secondary N) is 1. The van der Waals surface area contributed by atoms with Gasteiger partial charge in [0.05, 0.1) is 6.61 Å². The molecule has 3 N–H and O–H groups in total. The van der Waals surface area contributed by atoms with Crippen LogP contribution in [0, 0.1) is 0 Å². The van der Waals surface area contributed by atoms with Crippen molar-refractivity contribution in [2.24, 2.45) is 0 Å². The summed E-state index contributed by atoms with van der Waals surface area (Å²) in [4.78, 5) is 0. The lowest BCUT2D eigenvalue weighted by Gasteiger charge is -2.11. The molecule has 29 heavy (non-hydrogen) atoms. The van der Waals surface area contributed by atoms with Crippen molar-refractivity contribution in [3.05, 3.63) is 96.6 Å². The Hall–Kier alpha value is -3.35. The molecule has 1 atom stereocenters. The van der Waals surface area contributed by atoms with Gasteiger partial charge in [0.1, 0.15) is 11.5 Å². The van der Waals surface area contributed by atoms with Gasteiger partial charge in [-0.05, 0) is 42.0 Å². The predicted molar refractivity (Wildman–Crippen MR) is 118 cm³/mol. The molecule has 146 valence electrons. The van der Waals surface area contributed by atoms with Gasteiger partial charge in [0.25, 0.3) is 11.3 Å². The van der Waals surface area contributed by atoms with Gasteiger partial charge in [0.2, 0.25) is 0 Å². The Balaban J connectivity index is 1.39. The molecule has 0 bridgehead atoms. The largest absolute Gasteiger partial charge is 0.457 e. The first-order chi connectivity index (χ1) is 14.2. The van der Waals surface area contributed by atoms with Gasteiger partial charge in [-0.15, -0.1) is 0 Å². The average Bonchev–Trinajstić information content (AvgIpc) is 2.76. The van der Waals surface area contributed by atoms with Crippen molar-refractivity contribution in [3.63, 3.8) is 0 Å². The fourth-order valence-corrected chi connectivity index (χ4v) is 3.55. The minimum atomic E-state index is -1.64. The highest BCUT2D eigenvalue weighted by Crippen LogP contribution is 2.33. The number of rotatable bonds is 7. The van der Waals surface area contributed by atoms with Gasteiger partial charge in [-0.25, -0.2) is 4.21 Å². The van der Waals surface area contributed by atoms with Crippen LogP contribution in [0.25, 0.3) is 10.8 Å². The van der Waals surface area contributed by atoms with Gasteiger partial charge >= 0.3 is 0 Å². The summed E-state index contributed by atoms with van der Waals surface area (Å²) < 4.78 is 26.2. The Morgan fingerprint density at radius 1 is 0.793 bits per heavy atom. The molecule has 0 spiro atoms. The lowest BCUT2D eigenvalue weighted by Crippen LogP contribution is -2.08. The quantitative estimate of drug-likeness (QED) is 0.403. The first-order valence-corrected chi connectivity index (χ1v) is 10.2. The molecule has 6 heteroatoms. The number of fused-ring (bicyclic) bond motifs is 1. The number of anilines is 2. The Labute approximate surface area is 171 Å². The topological polar surface area (TPSA) is 73.6 Å². The molecular formula is C23H20N2O3S. The molecule has 0 aliphatic rings. The van der Waals surface area contributed by atoms with Crippen LogP contribution in [-0.4, -0.2) is 4.21 Å². The third-order valence-electron chi connectivity index (χ3n) is 4.38. The van der Waals surface area contributed by atoms with Crippen molar-refractivity contribution in [2.45, 2.75) is 6.61 Å². The van der Waals surface area contributed by atoms with Crippen molar-refractivity contribution in [1.29, 1.82) is 0 Å². The van der Waals surface area contributed by atoms with E-state index in [2.05, 4.69) is 4.72 Å². The lowest BCUT2D eigenvalue weighted by atomic mass is 10.1. The standard InChI is InChI=1S/C23H20N2O3S/c24-22-14-15-23(21-9-5-4-8-20(21)22)28-19-12-10-18(11-13-19)25-29(26)27-16-17-6-2-1-3-7-17/h1-15,25H,16,24H2. The molecule has 0 amide bonds. The van der Waals surface area contributed by atoms with E-state index >= 15 is 0 Å². The van der Waals surface area contributed by atoms with E-state index in [1.165, 1.54) is 0 Å². The van der Waals surface area contributed by atoms with Crippen LogP contribution in [0.4, 0.5) is 11.4 Å². The SMILES string of the molecule is Nc1ccc(Oc2ccc(NS(=O)OCc3ccccc3)cc2)c2ccccc12. The van der Waals surface area contributed by atoms with Crippen LogP contribution in [0.1, 0.15) is 5.56 Å². The first-order valence-electron chi connectivity index (χ1n) is 9.10. The smallest absolute Gasteiger partial charge is 0.262 e. The maximum atomic E-state index is 12.1. The summed E-state index contributed by atoms with van der Waals surface area (Å²) >= 11 is -1.64. The second kappa shape index (κ2) is 8.77. The molecular weight excluding hydrogens is 384 g/mol. The molecule has 0 aromatic heterocycles. The molecule has 0 saturated heterocycles. The fourth-order valence-electron chi connectivity index (χ4n) is 2.92. The summed E-state index contributed by atoms with van der Waals surface area (Å²) in [5, 5.41) is 1.90. The maximum absolute atomic E-state index is 12.1. The molecule has 0 aliphatic heterocycles. The zero-order valence-corrected chi connectivity index (χ0v) is 16.4. The van der Waals surface area contributed by atoms with E-state index in [-0.39, 0.29) is 6.61 Å². The van der Waals surface area contributed by atoms with E-state index in [0.717, 1.165) is 22.1 Å². The zero-order chi connectivity index (χ0) is 20.1. The third kappa shape index (κ3) is 4.74. The number of hydrogen-bond donors (Lipinski definition) is 2. The van der Waals surface area contributed by atoms with Crippen LogP contribution in [0.3, 0.4) is 0 Å². The first kappa shape index (κ1) is 19.0. The fraction of sp³-hybridized carbons (Fsp3) is 0.0435. The Morgan fingerprint density at radius 3 is 2.24 bits per heavy atom. The van der Waals surface area contributed by atoms with E-state index in [1.807, 2.05) is 78.9 Å². The molecule has 4 aromatic carbocycles. The van der Waals surface area contributed by atoms with Gasteiger partial charge < -0.3 is 10.5 Å². The monoisotopic (exact) mass is 404 g/mol. The molecule has 1 unspecified atom stereocenters. The lowest BCUT2D eigenvalue weighted by molar-refractivity contribution is 0.340. The summed E-state index contributed by atoms with van der Waals surface area (Å²) in [5.74, 6) is 1.40. The van der Waals surface area contributed by atoms with E-state index in [4.69, 9.17) is 14.7 Å². The van der Waals surface area contributed by atoms with Crippen LogP contribution < -0.4 is 15.2 Å².